The number of hydrogen-bond donors (Lipinski definition) is 2. The van der Waals surface area contributed by atoms with E-state index in [9.17, 15) is 9.90 Å². The monoisotopic (exact) mass is 286 g/mol. The van der Waals surface area contributed by atoms with Crippen molar-refractivity contribution in [2.45, 2.75) is 37.7 Å². The molecule has 5 nitrogen and oxygen atoms in total. The summed E-state index contributed by atoms with van der Waals surface area (Å²) in [5.41, 5.74) is 3.84. The van der Waals surface area contributed by atoms with Gasteiger partial charge in [0.25, 0.3) is 0 Å². The number of nitriles is 1. The number of hydrogen-bond acceptors (Lipinski definition) is 4. The predicted molar refractivity (Wildman–Crippen MR) is 75.9 cm³/mol. The van der Waals surface area contributed by atoms with Crippen molar-refractivity contribution in [2.75, 3.05) is 13.2 Å². The third kappa shape index (κ3) is 2.59. The van der Waals surface area contributed by atoms with E-state index in [1.807, 2.05) is 12.1 Å². The normalized spacial score (nSPS) is 20.1. The van der Waals surface area contributed by atoms with Crippen molar-refractivity contribution in [3.8, 4) is 11.8 Å². The lowest BCUT2D eigenvalue weighted by Crippen LogP contribution is -2.35. The van der Waals surface area contributed by atoms with Gasteiger partial charge in [0.1, 0.15) is 18.4 Å². The molecule has 0 spiro atoms. The molecule has 0 aromatic heterocycles. The Balaban J connectivity index is 1.74. The van der Waals surface area contributed by atoms with Crippen LogP contribution in [0.1, 0.15) is 35.4 Å². The second-order valence-corrected chi connectivity index (χ2v) is 5.58. The summed E-state index contributed by atoms with van der Waals surface area (Å²) in [7, 11) is 0. The minimum atomic E-state index is -1.06. The summed E-state index contributed by atoms with van der Waals surface area (Å²) >= 11 is 0. The third-order valence-electron chi connectivity index (χ3n) is 4.34. The van der Waals surface area contributed by atoms with Crippen molar-refractivity contribution >= 4 is 5.91 Å². The van der Waals surface area contributed by atoms with Crippen LogP contribution in [0.4, 0.5) is 0 Å². The molecule has 1 aromatic rings. The van der Waals surface area contributed by atoms with Gasteiger partial charge in [-0.2, -0.15) is 5.26 Å². The van der Waals surface area contributed by atoms with Crippen LogP contribution in [0.15, 0.2) is 12.1 Å². The Hall–Kier alpha value is -2.06. The number of fused-ring (bicyclic) bond motifs is 3. The van der Waals surface area contributed by atoms with Crippen LogP contribution < -0.4 is 10.1 Å². The number of nitrogens with zero attached hydrogens (tertiary/aromatic N) is 1. The molecule has 2 aliphatic rings. The summed E-state index contributed by atoms with van der Waals surface area (Å²) in [4.78, 5) is 11.7. The highest BCUT2D eigenvalue weighted by molar-refractivity contribution is 5.80. The summed E-state index contributed by atoms with van der Waals surface area (Å²) in [6, 6.07) is 5.96. The molecule has 5 heteroatoms. The molecule has 2 unspecified atom stereocenters. The van der Waals surface area contributed by atoms with Gasteiger partial charge in [0, 0.05) is 12.0 Å². The number of aliphatic hydroxyl groups is 1. The molecule has 0 fully saturated rings. The fourth-order valence-electron chi connectivity index (χ4n) is 3.41. The fraction of sp³-hybridized carbons (Fsp3) is 0.500. The van der Waals surface area contributed by atoms with Gasteiger partial charge in [-0.25, -0.2) is 0 Å². The van der Waals surface area contributed by atoms with Gasteiger partial charge in [-0.15, -0.1) is 0 Å². The van der Waals surface area contributed by atoms with Crippen LogP contribution >= 0.6 is 0 Å². The molecule has 2 N–H and O–H groups in total. The molecular weight excluding hydrogens is 268 g/mol. The molecule has 1 aliphatic carbocycles. The van der Waals surface area contributed by atoms with E-state index in [-0.39, 0.29) is 12.5 Å². The van der Waals surface area contributed by atoms with Crippen LogP contribution in [-0.2, 0) is 17.6 Å². The van der Waals surface area contributed by atoms with E-state index >= 15 is 0 Å². The van der Waals surface area contributed by atoms with Crippen LogP contribution in [0.3, 0.4) is 0 Å². The largest absolute Gasteiger partial charge is 0.493 e. The van der Waals surface area contributed by atoms with Crippen molar-refractivity contribution in [2.24, 2.45) is 0 Å². The highest BCUT2D eigenvalue weighted by Gasteiger charge is 2.32. The molecule has 0 radical (unpaired) electrons. The number of rotatable bonds is 4. The van der Waals surface area contributed by atoms with Crippen molar-refractivity contribution in [1.29, 1.82) is 5.26 Å². The lowest BCUT2D eigenvalue weighted by atomic mass is 9.90. The summed E-state index contributed by atoms with van der Waals surface area (Å²) in [6.07, 6.45) is 2.19. The molecule has 0 saturated heterocycles. The Kier molecular flexibility index (Phi) is 3.80. The quantitative estimate of drug-likeness (QED) is 0.810. The maximum absolute atomic E-state index is 11.7. The van der Waals surface area contributed by atoms with Crippen molar-refractivity contribution in [3.63, 3.8) is 0 Å². The molecule has 0 bridgehead atoms. The van der Waals surface area contributed by atoms with E-state index in [0.717, 1.165) is 25.0 Å². The number of carbonyl (C=O) groups excluding carboxylic acids is 1. The van der Waals surface area contributed by atoms with E-state index in [0.29, 0.717) is 13.0 Å². The zero-order chi connectivity index (χ0) is 14.8. The van der Waals surface area contributed by atoms with Crippen molar-refractivity contribution in [3.05, 3.63) is 28.8 Å². The van der Waals surface area contributed by atoms with Gasteiger partial charge in [0.15, 0.2) is 0 Å². The van der Waals surface area contributed by atoms with Crippen LogP contribution in [0, 0.1) is 11.3 Å². The average molecular weight is 286 g/mol. The highest BCUT2D eigenvalue weighted by atomic mass is 16.5. The van der Waals surface area contributed by atoms with Crippen molar-refractivity contribution < 1.29 is 14.6 Å². The van der Waals surface area contributed by atoms with E-state index in [1.165, 1.54) is 16.7 Å². The maximum Gasteiger partial charge on any atom is 0.249 e. The Bertz CT molecular complexity index is 606. The predicted octanol–water partition coefficient (Wildman–Crippen LogP) is 1.04. The lowest BCUT2D eigenvalue weighted by molar-refractivity contribution is -0.129. The molecular formula is C16H18N2O3. The standard InChI is InChI=1S/C16H18N2O3/c17-6-7-18-16(20)13(19)9-11-2-1-10-3-4-14-12(15(10)11)5-8-21-14/h3-4,11,13,19H,1-2,5,7-9H2,(H,18,20). The van der Waals surface area contributed by atoms with Gasteiger partial charge in [0.05, 0.1) is 12.7 Å². The van der Waals surface area contributed by atoms with Crippen LogP contribution in [-0.4, -0.2) is 30.3 Å². The molecule has 3 rings (SSSR count). The molecule has 2 atom stereocenters. The summed E-state index contributed by atoms with van der Waals surface area (Å²) < 4.78 is 5.60. The minimum Gasteiger partial charge on any atom is -0.493 e. The van der Waals surface area contributed by atoms with Gasteiger partial charge in [0.2, 0.25) is 5.91 Å². The number of nitrogens with one attached hydrogen (secondary N) is 1. The number of aryl methyl sites for hydroxylation is 1. The molecule has 110 valence electrons. The second-order valence-electron chi connectivity index (χ2n) is 5.58. The first-order chi connectivity index (χ1) is 10.2. The first-order valence-electron chi connectivity index (χ1n) is 7.31. The third-order valence-corrected chi connectivity index (χ3v) is 4.34. The number of aliphatic hydroxyl groups excluding tert-OH is 1. The minimum absolute atomic E-state index is 0.0691. The molecule has 21 heavy (non-hydrogen) atoms. The Morgan fingerprint density at radius 1 is 1.52 bits per heavy atom. The van der Waals surface area contributed by atoms with Gasteiger partial charge < -0.3 is 15.2 Å². The Morgan fingerprint density at radius 2 is 2.38 bits per heavy atom. The molecule has 1 amide bonds. The number of benzene rings is 1. The van der Waals surface area contributed by atoms with Gasteiger partial charge in [-0.05, 0) is 42.4 Å². The Morgan fingerprint density at radius 3 is 3.19 bits per heavy atom. The van der Waals surface area contributed by atoms with E-state index in [2.05, 4.69) is 11.4 Å². The van der Waals surface area contributed by atoms with Crippen LogP contribution in [0.25, 0.3) is 0 Å². The van der Waals surface area contributed by atoms with Gasteiger partial charge in [-0.1, -0.05) is 6.07 Å². The number of ether oxygens (including phenoxy) is 1. The SMILES string of the molecule is N#CCNC(=O)C(O)CC1CCc2ccc3c(c21)CCO3. The van der Waals surface area contributed by atoms with Gasteiger partial charge >= 0.3 is 0 Å². The topological polar surface area (TPSA) is 82.4 Å². The first kappa shape index (κ1) is 13.9. The summed E-state index contributed by atoms with van der Waals surface area (Å²) in [5.74, 6) is 0.678. The molecule has 1 aromatic carbocycles. The number of amides is 1. The maximum atomic E-state index is 11.7. The summed E-state index contributed by atoms with van der Waals surface area (Å²) in [5, 5.41) is 20.9. The first-order valence-corrected chi connectivity index (χ1v) is 7.31. The van der Waals surface area contributed by atoms with E-state index < -0.39 is 12.0 Å². The zero-order valence-corrected chi connectivity index (χ0v) is 11.8. The summed E-state index contributed by atoms with van der Waals surface area (Å²) in [6.45, 7) is 0.643. The molecule has 0 saturated carbocycles. The van der Waals surface area contributed by atoms with E-state index in [4.69, 9.17) is 10.00 Å². The average Bonchev–Trinajstić information content (AvgIpc) is 3.10. The van der Waals surface area contributed by atoms with Crippen LogP contribution in [0.5, 0.6) is 5.75 Å². The van der Waals surface area contributed by atoms with Crippen LogP contribution in [0.2, 0.25) is 0 Å². The lowest BCUT2D eigenvalue weighted by Gasteiger charge is -2.18. The number of carbonyl (C=O) groups is 1. The highest BCUT2D eigenvalue weighted by Crippen LogP contribution is 2.43. The van der Waals surface area contributed by atoms with Gasteiger partial charge in [-0.3, -0.25) is 4.79 Å². The smallest absolute Gasteiger partial charge is 0.249 e. The van der Waals surface area contributed by atoms with E-state index in [1.54, 1.807) is 0 Å². The second kappa shape index (κ2) is 5.74. The molecule has 1 heterocycles. The Labute approximate surface area is 123 Å². The fourth-order valence-corrected chi connectivity index (χ4v) is 3.41. The zero-order valence-electron chi connectivity index (χ0n) is 11.8. The van der Waals surface area contributed by atoms with Crippen molar-refractivity contribution in [1.82, 2.24) is 5.32 Å². The molecule has 1 aliphatic heterocycles.